The molecular formula is C38H33F3N6O3S. The van der Waals surface area contributed by atoms with E-state index >= 15 is 8.78 Å². The SMILES string of the molecule is C=CC(=O)N1C[C@H](C)n2nc(-c3nc(-c4ccc5c(ccn5C)c4)c4scc(F)c4c3-c3c(F)cc(F)cc3OC[C@@H]3CNC(=O)C3)cc2[C@H]1C. The maximum Gasteiger partial charge on any atom is 0.246 e. The number of nitrogens with one attached hydrogen (secondary N) is 1. The molecule has 13 heteroatoms. The first-order valence-corrected chi connectivity index (χ1v) is 17.5. The zero-order chi connectivity index (χ0) is 35.7. The van der Waals surface area contributed by atoms with E-state index in [1.54, 1.807) is 11.0 Å². The fourth-order valence-electron chi connectivity index (χ4n) is 7.30. The Morgan fingerprint density at radius 3 is 2.69 bits per heavy atom. The predicted octanol–water partition coefficient (Wildman–Crippen LogP) is 7.57. The highest BCUT2D eigenvalue weighted by molar-refractivity contribution is 7.17. The average molecular weight is 711 g/mol. The van der Waals surface area contributed by atoms with Crippen LogP contribution in [-0.2, 0) is 16.6 Å². The number of rotatable bonds is 7. The Morgan fingerprint density at radius 2 is 1.92 bits per heavy atom. The summed E-state index contributed by atoms with van der Waals surface area (Å²) >= 11 is 1.14. The second-order valence-electron chi connectivity index (χ2n) is 13.2. The summed E-state index contributed by atoms with van der Waals surface area (Å²) in [5.74, 6) is -3.16. The average Bonchev–Trinajstić information content (AvgIpc) is 3.91. The molecule has 4 aromatic heterocycles. The Bertz CT molecular complexity index is 2420. The van der Waals surface area contributed by atoms with E-state index in [0.29, 0.717) is 34.9 Å². The van der Waals surface area contributed by atoms with Crippen molar-refractivity contribution in [1.82, 2.24) is 29.5 Å². The van der Waals surface area contributed by atoms with Crippen molar-refractivity contribution in [2.45, 2.75) is 32.4 Å². The molecule has 3 atom stereocenters. The number of benzene rings is 2. The summed E-state index contributed by atoms with van der Waals surface area (Å²) in [6.45, 7) is 8.22. The van der Waals surface area contributed by atoms with Crippen molar-refractivity contribution in [3.05, 3.63) is 89.8 Å². The molecule has 9 nitrogen and oxygen atoms in total. The maximum atomic E-state index is 16.3. The van der Waals surface area contributed by atoms with Crippen LogP contribution in [0.15, 0.2) is 66.7 Å². The van der Waals surface area contributed by atoms with E-state index in [9.17, 15) is 14.0 Å². The van der Waals surface area contributed by atoms with E-state index in [2.05, 4.69) is 11.9 Å². The summed E-state index contributed by atoms with van der Waals surface area (Å²) in [5.41, 5.74) is 3.28. The first-order chi connectivity index (χ1) is 24.5. The molecule has 0 spiro atoms. The summed E-state index contributed by atoms with van der Waals surface area (Å²) in [6.07, 6.45) is 3.44. The van der Waals surface area contributed by atoms with Crippen LogP contribution >= 0.6 is 11.3 Å². The number of nitrogens with zero attached hydrogens (tertiary/aromatic N) is 5. The Balaban J connectivity index is 1.39. The zero-order valence-corrected chi connectivity index (χ0v) is 28.9. The lowest BCUT2D eigenvalue weighted by Crippen LogP contribution is -2.42. The number of hydrogen-bond donors (Lipinski definition) is 1. The highest BCUT2D eigenvalue weighted by Crippen LogP contribution is 2.48. The van der Waals surface area contributed by atoms with Gasteiger partial charge in [-0.2, -0.15) is 5.10 Å². The van der Waals surface area contributed by atoms with Gasteiger partial charge < -0.3 is 19.5 Å². The number of aromatic nitrogens is 4. The van der Waals surface area contributed by atoms with E-state index in [-0.39, 0.29) is 70.8 Å². The molecule has 0 unspecified atom stereocenters. The van der Waals surface area contributed by atoms with Gasteiger partial charge in [-0.3, -0.25) is 14.3 Å². The van der Waals surface area contributed by atoms with E-state index in [4.69, 9.17) is 14.8 Å². The van der Waals surface area contributed by atoms with Crippen molar-refractivity contribution in [1.29, 1.82) is 0 Å². The number of carbonyl (C=O) groups is 2. The van der Waals surface area contributed by atoms with E-state index in [1.165, 1.54) is 11.5 Å². The molecule has 1 fully saturated rings. The molecule has 260 valence electrons. The topological polar surface area (TPSA) is 94.3 Å². The minimum Gasteiger partial charge on any atom is -0.492 e. The molecule has 0 aliphatic carbocycles. The van der Waals surface area contributed by atoms with Crippen LogP contribution in [0, 0.1) is 23.4 Å². The number of amides is 2. The Labute approximate surface area is 295 Å². The molecule has 2 aliphatic rings. The smallest absolute Gasteiger partial charge is 0.246 e. The Morgan fingerprint density at radius 1 is 1.10 bits per heavy atom. The van der Waals surface area contributed by atoms with Crippen LogP contribution in [0.25, 0.3) is 54.8 Å². The normalized spacial score (nSPS) is 18.7. The monoisotopic (exact) mass is 710 g/mol. The number of aryl methyl sites for hydroxylation is 1. The number of carbonyl (C=O) groups excluding carboxylic acids is 2. The summed E-state index contributed by atoms with van der Waals surface area (Å²) < 4.78 is 57.9. The van der Waals surface area contributed by atoms with Gasteiger partial charge in [-0.15, -0.1) is 11.3 Å². The third kappa shape index (κ3) is 5.47. The van der Waals surface area contributed by atoms with Crippen LogP contribution in [0.1, 0.15) is 38.0 Å². The van der Waals surface area contributed by atoms with Gasteiger partial charge in [0.2, 0.25) is 11.8 Å². The highest BCUT2D eigenvalue weighted by Gasteiger charge is 2.35. The third-order valence-corrected chi connectivity index (χ3v) is 10.8. The number of ether oxygens (including phenoxy) is 1. The first kappa shape index (κ1) is 32.8. The van der Waals surface area contributed by atoms with Crippen LogP contribution in [0.5, 0.6) is 5.75 Å². The van der Waals surface area contributed by atoms with Crippen molar-refractivity contribution in [3.8, 4) is 39.5 Å². The van der Waals surface area contributed by atoms with Crippen LogP contribution < -0.4 is 10.1 Å². The number of halogens is 3. The molecule has 0 radical (unpaired) electrons. The molecule has 1 saturated heterocycles. The number of pyridine rings is 1. The lowest BCUT2D eigenvalue weighted by molar-refractivity contribution is -0.129. The largest absolute Gasteiger partial charge is 0.492 e. The second-order valence-corrected chi connectivity index (χ2v) is 14.1. The van der Waals surface area contributed by atoms with E-state index < -0.39 is 17.5 Å². The van der Waals surface area contributed by atoms with E-state index in [1.807, 2.05) is 60.6 Å². The first-order valence-electron chi connectivity index (χ1n) is 16.6. The fourth-order valence-corrected chi connectivity index (χ4v) is 8.23. The molecular weight excluding hydrogens is 678 g/mol. The van der Waals surface area contributed by atoms with Crippen LogP contribution in [0.2, 0.25) is 0 Å². The van der Waals surface area contributed by atoms with Gasteiger partial charge in [-0.1, -0.05) is 12.6 Å². The minimum atomic E-state index is -0.965. The van der Waals surface area contributed by atoms with Gasteiger partial charge in [-0.25, -0.2) is 18.2 Å². The summed E-state index contributed by atoms with van der Waals surface area (Å²) in [5, 5.41) is 10.1. The number of thiophene rings is 1. The molecule has 2 aromatic carbocycles. The van der Waals surface area contributed by atoms with Gasteiger partial charge >= 0.3 is 0 Å². The molecule has 0 bridgehead atoms. The highest BCUT2D eigenvalue weighted by atomic mass is 32.1. The Kier molecular flexibility index (Phi) is 7.97. The van der Waals surface area contributed by atoms with Gasteiger partial charge in [0, 0.05) is 83.6 Å². The molecule has 2 amide bonds. The zero-order valence-electron chi connectivity index (χ0n) is 28.0. The number of hydrogen-bond acceptors (Lipinski definition) is 6. The van der Waals surface area contributed by atoms with Crippen molar-refractivity contribution in [2.24, 2.45) is 13.0 Å². The van der Waals surface area contributed by atoms with Crippen molar-refractivity contribution in [2.75, 3.05) is 19.7 Å². The molecule has 6 aromatic rings. The predicted molar refractivity (Wildman–Crippen MR) is 190 cm³/mol. The molecule has 1 N–H and O–H groups in total. The van der Waals surface area contributed by atoms with E-state index in [0.717, 1.165) is 39.9 Å². The van der Waals surface area contributed by atoms with Gasteiger partial charge in [0.05, 0.1) is 40.3 Å². The summed E-state index contributed by atoms with van der Waals surface area (Å²) in [7, 11) is 1.95. The minimum absolute atomic E-state index is 0.00278. The summed E-state index contributed by atoms with van der Waals surface area (Å²) in [4.78, 5) is 31.5. The molecule has 6 heterocycles. The lowest BCUT2D eigenvalue weighted by atomic mass is 9.94. The maximum absolute atomic E-state index is 16.3. The Hall–Kier alpha value is -5.43. The van der Waals surface area contributed by atoms with Gasteiger partial charge in [0.1, 0.15) is 34.6 Å². The van der Waals surface area contributed by atoms with Crippen molar-refractivity contribution in [3.63, 3.8) is 0 Å². The van der Waals surface area contributed by atoms with Crippen LogP contribution in [0.4, 0.5) is 13.2 Å². The van der Waals surface area contributed by atoms with Crippen molar-refractivity contribution >= 4 is 44.1 Å². The molecule has 2 aliphatic heterocycles. The molecule has 0 saturated carbocycles. The number of fused-ring (bicyclic) bond motifs is 3. The second kappa shape index (κ2) is 12.4. The standard InChI is InChI=1S/C38H33F3N6O3S/c1-5-32(49)46-16-19(2)47-29(20(46)3)14-27(44-47)37-35(33-25(40)12-24(39)13-30(33)50-17-21-10-31(48)42-15-21)34-26(41)18-51-38(34)36(43-37)23-6-7-28-22(11-23)8-9-45(28)4/h5-9,11-14,18-21H,1,10,15-17H2,2-4H3,(H,42,48)/t19-,20+,21-/m0/s1. The fraction of sp³-hybridized carbons (Fsp3) is 0.263. The quantitative estimate of drug-likeness (QED) is 0.173. The lowest BCUT2D eigenvalue weighted by Gasteiger charge is -2.36. The van der Waals surface area contributed by atoms with Gasteiger partial charge in [0.15, 0.2) is 0 Å². The van der Waals surface area contributed by atoms with Gasteiger partial charge in [-0.05, 0) is 44.2 Å². The van der Waals surface area contributed by atoms with Crippen molar-refractivity contribution < 1.29 is 27.5 Å². The van der Waals surface area contributed by atoms with Crippen LogP contribution in [0.3, 0.4) is 0 Å². The van der Waals surface area contributed by atoms with Crippen LogP contribution in [-0.4, -0.2) is 55.7 Å². The molecule has 8 rings (SSSR count). The van der Waals surface area contributed by atoms with Gasteiger partial charge in [0.25, 0.3) is 0 Å². The molecule has 51 heavy (non-hydrogen) atoms. The summed E-state index contributed by atoms with van der Waals surface area (Å²) in [6, 6.07) is 10.8. The third-order valence-electron chi connectivity index (χ3n) is 9.87.